The SMILES string of the molecule is Cn1nc2c(c1-c1ccccc1)CCN(C(=O)Cc1ccn[nH]1)CC2. The van der Waals surface area contributed by atoms with Crippen LogP contribution in [0.3, 0.4) is 0 Å². The van der Waals surface area contributed by atoms with Crippen molar-refractivity contribution in [2.24, 2.45) is 7.05 Å². The number of aromatic amines is 1. The van der Waals surface area contributed by atoms with Gasteiger partial charge in [-0.25, -0.2) is 0 Å². The molecule has 1 N–H and O–H groups in total. The molecule has 1 aliphatic heterocycles. The van der Waals surface area contributed by atoms with Gasteiger partial charge in [0.15, 0.2) is 0 Å². The molecule has 0 atom stereocenters. The second kappa shape index (κ2) is 6.55. The Bertz CT molecular complexity index is 867. The summed E-state index contributed by atoms with van der Waals surface area (Å²) in [6.45, 7) is 1.44. The standard InChI is InChI=1S/C19H21N5O/c1-23-19(14-5-3-2-4-6-14)16-8-11-24(12-9-17(16)22-23)18(25)13-15-7-10-20-21-15/h2-7,10H,8-9,11-13H2,1H3,(H,20,21). The van der Waals surface area contributed by atoms with Crippen molar-refractivity contribution in [2.45, 2.75) is 19.3 Å². The Hall–Kier alpha value is -2.89. The number of carbonyl (C=O) groups excluding carboxylic acids is 1. The minimum Gasteiger partial charge on any atom is -0.342 e. The highest BCUT2D eigenvalue weighted by Gasteiger charge is 2.24. The van der Waals surface area contributed by atoms with Crippen LogP contribution in [-0.4, -0.2) is 43.9 Å². The first kappa shape index (κ1) is 15.6. The summed E-state index contributed by atoms with van der Waals surface area (Å²) in [7, 11) is 2.00. The molecule has 2 aromatic heterocycles. The molecular formula is C19H21N5O. The maximum absolute atomic E-state index is 12.6. The summed E-state index contributed by atoms with van der Waals surface area (Å²) < 4.78 is 1.97. The first-order valence-electron chi connectivity index (χ1n) is 8.58. The third-order valence-corrected chi connectivity index (χ3v) is 4.78. The van der Waals surface area contributed by atoms with Gasteiger partial charge < -0.3 is 4.90 Å². The van der Waals surface area contributed by atoms with Crippen LogP contribution in [0.15, 0.2) is 42.6 Å². The summed E-state index contributed by atoms with van der Waals surface area (Å²) in [4.78, 5) is 14.5. The topological polar surface area (TPSA) is 66.8 Å². The molecule has 4 rings (SSSR count). The average Bonchev–Trinajstić information content (AvgIpc) is 3.18. The van der Waals surface area contributed by atoms with Crippen molar-refractivity contribution in [3.8, 4) is 11.3 Å². The fourth-order valence-electron chi connectivity index (χ4n) is 3.55. The van der Waals surface area contributed by atoms with Gasteiger partial charge in [-0.2, -0.15) is 10.2 Å². The molecule has 0 aliphatic carbocycles. The van der Waals surface area contributed by atoms with E-state index in [1.807, 2.05) is 40.9 Å². The number of benzene rings is 1. The van der Waals surface area contributed by atoms with E-state index in [-0.39, 0.29) is 5.91 Å². The second-order valence-electron chi connectivity index (χ2n) is 6.40. The van der Waals surface area contributed by atoms with Crippen LogP contribution >= 0.6 is 0 Å². The highest BCUT2D eigenvalue weighted by Crippen LogP contribution is 2.28. The maximum atomic E-state index is 12.6. The lowest BCUT2D eigenvalue weighted by Gasteiger charge is -2.20. The molecule has 0 spiro atoms. The summed E-state index contributed by atoms with van der Waals surface area (Å²) in [5.74, 6) is 0.139. The fraction of sp³-hybridized carbons (Fsp3) is 0.316. The van der Waals surface area contributed by atoms with Gasteiger partial charge in [0.1, 0.15) is 0 Å². The van der Waals surface area contributed by atoms with Crippen molar-refractivity contribution >= 4 is 5.91 Å². The summed E-state index contributed by atoms with van der Waals surface area (Å²) in [6, 6.07) is 12.2. The fourth-order valence-corrected chi connectivity index (χ4v) is 3.55. The van der Waals surface area contributed by atoms with Crippen LogP contribution in [0.1, 0.15) is 17.0 Å². The first-order valence-corrected chi connectivity index (χ1v) is 8.58. The molecule has 6 nitrogen and oxygen atoms in total. The lowest BCUT2D eigenvalue weighted by Crippen LogP contribution is -2.34. The Morgan fingerprint density at radius 1 is 1.16 bits per heavy atom. The predicted molar refractivity (Wildman–Crippen MR) is 94.9 cm³/mol. The molecule has 6 heteroatoms. The first-order chi connectivity index (χ1) is 12.2. The molecule has 0 bridgehead atoms. The molecule has 0 saturated heterocycles. The van der Waals surface area contributed by atoms with E-state index in [0.29, 0.717) is 13.0 Å². The molecule has 1 amide bonds. The minimum atomic E-state index is 0.139. The van der Waals surface area contributed by atoms with Gasteiger partial charge in [0.25, 0.3) is 0 Å². The van der Waals surface area contributed by atoms with Crippen molar-refractivity contribution in [2.75, 3.05) is 13.1 Å². The van der Waals surface area contributed by atoms with E-state index in [0.717, 1.165) is 30.8 Å². The summed E-state index contributed by atoms with van der Waals surface area (Å²) in [5, 5.41) is 11.5. The van der Waals surface area contributed by atoms with Crippen LogP contribution in [-0.2, 0) is 31.1 Å². The van der Waals surface area contributed by atoms with Crippen LogP contribution in [0.2, 0.25) is 0 Å². The van der Waals surface area contributed by atoms with Crippen molar-refractivity contribution < 1.29 is 4.79 Å². The largest absolute Gasteiger partial charge is 0.342 e. The smallest absolute Gasteiger partial charge is 0.228 e. The van der Waals surface area contributed by atoms with Crippen LogP contribution in [0.25, 0.3) is 11.3 Å². The molecule has 1 aromatic carbocycles. The van der Waals surface area contributed by atoms with Crippen LogP contribution < -0.4 is 0 Å². The van der Waals surface area contributed by atoms with E-state index in [1.165, 1.54) is 16.8 Å². The van der Waals surface area contributed by atoms with E-state index in [9.17, 15) is 4.79 Å². The molecule has 0 unspecified atom stereocenters. The molecule has 128 valence electrons. The lowest BCUT2D eigenvalue weighted by atomic mass is 10.0. The van der Waals surface area contributed by atoms with E-state index < -0.39 is 0 Å². The van der Waals surface area contributed by atoms with E-state index >= 15 is 0 Å². The van der Waals surface area contributed by atoms with Gasteiger partial charge in [-0.05, 0) is 12.5 Å². The number of rotatable bonds is 3. The van der Waals surface area contributed by atoms with Gasteiger partial charge in [0.2, 0.25) is 5.91 Å². The van der Waals surface area contributed by atoms with Crippen LogP contribution in [0.4, 0.5) is 0 Å². The Balaban J connectivity index is 1.55. The third-order valence-electron chi connectivity index (χ3n) is 4.78. The zero-order valence-electron chi connectivity index (χ0n) is 14.3. The molecule has 0 fully saturated rings. The number of nitrogens with one attached hydrogen (secondary N) is 1. The maximum Gasteiger partial charge on any atom is 0.228 e. The van der Waals surface area contributed by atoms with Crippen LogP contribution in [0.5, 0.6) is 0 Å². The quantitative estimate of drug-likeness (QED) is 0.796. The third kappa shape index (κ3) is 3.07. The van der Waals surface area contributed by atoms with Gasteiger partial charge >= 0.3 is 0 Å². The second-order valence-corrected chi connectivity index (χ2v) is 6.40. The van der Waals surface area contributed by atoms with Crippen molar-refractivity contribution in [1.29, 1.82) is 0 Å². The van der Waals surface area contributed by atoms with Gasteiger partial charge in [0, 0.05) is 49.6 Å². The minimum absolute atomic E-state index is 0.139. The van der Waals surface area contributed by atoms with Crippen molar-refractivity contribution in [3.05, 3.63) is 59.5 Å². The molecule has 1 aliphatic rings. The summed E-state index contributed by atoms with van der Waals surface area (Å²) in [6.07, 6.45) is 3.68. The summed E-state index contributed by atoms with van der Waals surface area (Å²) >= 11 is 0. The monoisotopic (exact) mass is 335 g/mol. The number of hydrogen-bond donors (Lipinski definition) is 1. The number of carbonyl (C=O) groups is 1. The number of fused-ring (bicyclic) bond motifs is 1. The van der Waals surface area contributed by atoms with Gasteiger partial charge in [-0.1, -0.05) is 30.3 Å². The molecule has 0 saturated carbocycles. The number of H-pyrrole nitrogens is 1. The van der Waals surface area contributed by atoms with Crippen LogP contribution in [0, 0.1) is 0 Å². The number of amides is 1. The zero-order valence-corrected chi connectivity index (χ0v) is 14.3. The number of hydrogen-bond acceptors (Lipinski definition) is 3. The van der Waals surface area contributed by atoms with E-state index in [4.69, 9.17) is 5.10 Å². The molecule has 3 heterocycles. The Kier molecular flexibility index (Phi) is 4.09. The van der Waals surface area contributed by atoms with E-state index in [2.05, 4.69) is 22.3 Å². The van der Waals surface area contributed by atoms with Gasteiger partial charge in [-0.3, -0.25) is 14.6 Å². The molecule has 0 radical (unpaired) electrons. The highest BCUT2D eigenvalue weighted by molar-refractivity contribution is 5.78. The van der Waals surface area contributed by atoms with Crippen molar-refractivity contribution in [1.82, 2.24) is 24.9 Å². The predicted octanol–water partition coefficient (Wildman–Crippen LogP) is 1.98. The van der Waals surface area contributed by atoms with Crippen molar-refractivity contribution in [3.63, 3.8) is 0 Å². The molecular weight excluding hydrogens is 314 g/mol. The van der Waals surface area contributed by atoms with Gasteiger partial charge in [0.05, 0.1) is 17.8 Å². The number of aryl methyl sites for hydroxylation is 1. The molecule has 25 heavy (non-hydrogen) atoms. The normalized spacial score (nSPS) is 14.2. The Labute approximate surface area is 146 Å². The summed E-state index contributed by atoms with van der Waals surface area (Å²) in [5.41, 5.74) is 5.58. The Morgan fingerprint density at radius 3 is 2.72 bits per heavy atom. The zero-order chi connectivity index (χ0) is 17.2. The Morgan fingerprint density at radius 2 is 1.96 bits per heavy atom. The van der Waals surface area contributed by atoms with E-state index in [1.54, 1.807) is 6.20 Å². The average molecular weight is 335 g/mol. The molecule has 3 aromatic rings. The number of aromatic nitrogens is 4. The van der Waals surface area contributed by atoms with Gasteiger partial charge in [-0.15, -0.1) is 0 Å². The lowest BCUT2D eigenvalue weighted by molar-refractivity contribution is -0.130. The highest BCUT2D eigenvalue weighted by atomic mass is 16.2. The number of nitrogens with zero attached hydrogens (tertiary/aromatic N) is 4.